The van der Waals surface area contributed by atoms with Crippen molar-refractivity contribution in [3.8, 4) is 22.5 Å². The number of benzene rings is 1. The van der Waals surface area contributed by atoms with Crippen molar-refractivity contribution < 1.29 is 23.9 Å². The predicted octanol–water partition coefficient (Wildman–Crippen LogP) is 6.04. The first-order chi connectivity index (χ1) is 26.8. The summed E-state index contributed by atoms with van der Waals surface area (Å²) in [6.45, 7) is 15.5. The zero-order valence-corrected chi connectivity index (χ0v) is 34.9. The number of aryl methyl sites for hydroxylation is 1. The van der Waals surface area contributed by atoms with Crippen molar-refractivity contribution in [2.24, 2.45) is 23.2 Å². The fourth-order valence-corrected chi connectivity index (χ4v) is 9.68. The molecular formula is C43H57N7O5S. The molecule has 3 aliphatic rings. The van der Waals surface area contributed by atoms with E-state index in [9.17, 15) is 14.4 Å². The molecule has 6 bridgehead atoms. The number of esters is 1. The molecule has 56 heavy (non-hydrogen) atoms. The van der Waals surface area contributed by atoms with E-state index < -0.39 is 23.5 Å². The lowest BCUT2D eigenvalue weighted by molar-refractivity contribution is -0.155. The Bertz CT molecular complexity index is 2090. The number of carbonyl (C=O) groups is 3. The zero-order chi connectivity index (χ0) is 39.9. The van der Waals surface area contributed by atoms with Gasteiger partial charge in [0.05, 0.1) is 40.7 Å². The number of cyclic esters (lactones) is 1. The Hall–Kier alpha value is -4.17. The van der Waals surface area contributed by atoms with Crippen molar-refractivity contribution >= 4 is 40.0 Å². The van der Waals surface area contributed by atoms with E-state index in [1.54, 1.807) is 7.11 Å². The van der Waals surface area contributed by atoms with E-state index in [0.717, 1.165) is 62.8 Å². The second-order valence-electron chi connectivity index (χ2n) is 17.0. The van der Waals surface area contributed by atoms with Crippen molar-refractivity contribution in [1.82, 2.24) is 35.2 Å². The molecule has 6 heterocycles. The van der Waals surface area contributed by atoms with Gasteiger partial charge < -0.3 is 24.3 Å². The number of hydrogen-bond donors (Lipinski definition) is 2. The van der Waals surface area contributed by atoms with Gasteiger partial charge in [-0.25, -0.2) is 10.4 Å². The van der Waals surface area contributed by atoms with E-state index in [1.165, 1.54) is 16.3 Å². The Kier molecular flexibility index (Phi) is 11.7. The first-order valence-corrected chi connectivity index (χ1v) is 21.0. The maximum Gasteiger partial charge on any atom is 0.324 e. The number of hydrogen-bond acceptors (Lipinski definition) is 10. The fourth-order valence-electron chi connectivity index (χ4n) is 8.83. The Balaban J connectivity index is 1.33. The quantitative estimate of drug-likeness (QED) is 0.216. The van der Waals surface area contributed by atoms with Crippen LogP contribution in [0.25, 0.3) is 33.4 Å². The number of hydrazine groups is 1. The Labute approximate surface area is 334 Å². The van der Waals surface area contributed by atoms with Crippen LogP contribution in [0.15, 0.2) is 41.9 Å². The van der Waals surface area contributed by atoms with Gasteiger partial charge in [-0.3, -0.25) is 24.4 Å². The SMILES string of the molecule is CCn1c(-c2cccnc2[C@H](C)OC)c2c3cc(ccc31)-c1csc(n1)C[C@H](NC(=O)[C@@H]1CN(C)CC1C(C)C)C(=O)N1CCC[C@H](N1)C(=O)OCC(C)(C)C2. The van der Waals surface area contributed by atoms with Crippen molar-refractivity contribution in [2.45, 2.75) is 92.0 Å². The maximum absolute atomic E-state index is 14.4. The van der Waals surface area contributed by atoms with E-state index in [-0.39, 0.29) is 42.8 Å². The summed E-state index contributed by atoms with van der Waals surface area (Å²) in [5, 5.41) is 8.56. The highest BCUT2D eigenvalue weighted by Gasteiger charge is 2.41. The summed E-state index contributed by atoms with van der Waals surface area (Å²) >= 11 is 1.49. The number of methoxy groups -OCH3 is 1. The summed E-state index contributed by atoms with van der Waals surface area (Å²) in [7, 11) is 3.74. The van der Waals surface area contributed by atoms with Crippen molar-refractivity contribution in [2.75, 3.05) is 40.4 Å². The highest BCUT2D eigenvalue weighted by atomic mass is 32.1. The molecule has 300 valence electrons. The molecule has 3 aromatic heterocycles. The monoisotopic (exact) mass is 783 g/mol. The molecule has 7 rings (SSSR count). The first kappa shape index (κ1) is 40.0. The van der Waals surface area contributed by atoms with Crippen LogP contribution in [0.4, 0.5) is 0 Å². The third kappa shape index (κ3) is 8.00. The first-order valence-electron chi connectivity index (χ1n) is 20.1. The molecule has 1 unspecified atom stereocenters. The van der Waals surface area contributed by atoms with Crippen LogP contribution < -0.4 is 10.7 Å². The number of aromatic nitrogens is 3. The molecule has 2 N–H and O–H groups in total. The van der Waals surface area contributed by atoms with Crippen molar-refractivity contribution in [3.63, 3.8) is 0 Å². The van der Waals surface area contributed by atoms with Crippen LogP contribution >= 0.6 is 11.3 Å². The number of fused-ring (bicyclic) bond motifs is 6. The molecule has 2 saturated heterocycles. The molecule has 12 nitrogen and oxygen atoms in total. The van der Waals surface area contributed by atoms with Gasteiger partial charge >= 0.3 is 5.97 Å². The Morgan fingerprint density at radius 3 is 2.73 bits per heavy atom. The van der Waals surface area contributed by atoms with Gasteiger partial charge in [-0.2, -0.15) is 0 Å². The van der Waals surface area contributed by atoms with Crippen LogP contribution in [0.5, 0.6) is 0 Å². The molecule has 13 heteroatoms. The zero-order valence-electron chi connectivity index (χ0n) is 34.1. The van der Waals surface area contributed by atoms with Crippen LogP contribution in [0, 0.1) is 23.2 Å². The average molecular weight is 784 g/mol. The largest absolute Gasteiger partial charge is 0.464 e. The summed E-state index contributed by atoms with van der Waals surface area (Å²) in [6, 6.07) is 9.03. The highest BCUT2D eigenvalue weighted by molar-refractivity contribution is 7.10. The number of amides is 2. The number of pyridine rings is 1. The second-order valence-corrected chi connectivity index (χ2v) is 17.9. The molecule has 3 aliphatic heterocycles. The van der Waals surface area contributed by atoms with E-state index in [0.29, 0.717) is 38.3 Å². The number of ether oxygens (including phenoxy) is 2. The van der Waals surface area contributed by atoms with E-state index in [2.05, 4.69) is 79.1 Å². The van der Waals surface area contributed by atoms with Crippen LogP contribution in [-0.2, 0) is 43.2 Å². The summed E-state index contributed by atoms with van der Waals surface area (Å²) < 4.78 is 14.2. The van der Waals surface area contributed by atoms with Gasteiger partial charge in [0.15, 0.2) is 0 Å². The lowest BCUT2D eigenvalue weighted by Crippen LogP contribution is -2.61. The predicted molar refractivity (Wildman–Crippen MR) is 219 cm³/mol. The van der Waals surface area contributed by atoms with Gasteiger partial charge in [0, 0.05) is 78.7 Å². The third-order valence-corrected chi connectivity index (χ3v) is 12.8. The number of nitrogens with zero attached hydrogens (tertiary/aromatic N) is 5. The molecule has 0 radical (unpaired) electrons. The molecule has 0 spiro atoms. The van der Waals surface area contributed by atoms with Crippen molar-refractivity contribution in [1.29, 1.82) is 0 Å². The lowest BCUT2D eigenvalue weighted by Gasteiger charge is -2.36. The molecule has 5 atom stereocenters. The number of carbonyl (C=O) groups excluding carboxylic acids is 3. The van der Waals surface area contributed by atoms with Crippen LogP contribution in [0.2, 0.25) is 0 Å². The molecule has 2 amide bonds. The summed E-state index contributed by atoms with van der Waals surface area (Å²) in [5.41, 5.74) is 9.70. The summed E-state index contributed by atoms with van der Waals surface area (Å²) in [5.74, 6) is -0.507. The minimum Gasteiger partial charge on any atom is -0.464 e. The molecular weight excluding hydrogens is 727 g/mol. The maximum atomic E-state index is 14.4. The topological polar surface area (TPSA) is 131 Å². The standard InChI is InChI=1S/C43H57N7O5S/c1-9-49-36-15-14-27-18-29(36)30(39(49)28-12-10-16-44-38(28)26(4)54-8)20-43(5,6)24-55-42(53)33-13-11-17-50(47-33)41(52)34(19-37-45-35(27)23-56-37)46-40(51)32-22-48(7)21-31(32)25(2)3/h10,12,14-16,18,23,25-26,31-34,47H,9,11,13,17,19-22,24H2,1-8H3,(H,46,51)/t26-,31?,32+,33-,34-/m0/s1. The number of thiazole rings is 1. The molecule has 0 saturated carbocycles. The van der Waals surface area contributed by atoms with Gasteiger partial charge in [0.1, 0.15) is 12.1 Å². The van der Waals surface area contributed by atoms with Crippen LogP contribution in [-0.4, -0.2) is 94.7 Å². The second kappa shape index (κ2) is 16.4. The number of rotatable bonds is 7. The van der Waals surface area contributed by atoms with Crippen molar-refractivity contribution in [3.05, 3.63) is 58.2 Å². The van der Waals surface area contributed by atoms with E-state index in [1.807, 2.05) is 31.6 Å². The van der Waals surface area contributed by atoms with Gasteiger partial charge in [-0.15, -0.1) is 11.3 Å². The molecule has 4 aromatic rings. The minimum absolute atomic E-state index is 0.119. The normalized spacial score (nSPS) is 24.0. The fraction of sp³-hybridized carbons (Fsp3) is 0.558. The smallest absolute Gasteiger partial charge is 0.324 e. The summed E-state index contributed by atoms with van der Waals surface area (Å²) in [6.07, 6.45) is 3.61. The molecule has 1 aromatic carbocycles. The number of likely N-dealkylation sites (tertiary alicyclic amines) is 1. The Morgan fingerprint density at radius 2 is 1.98 bits per heavy atom. The lowest BCUT2D eigenvalue weighted by atomic mass is 9.84. The van der Waals surface area contributed by atoms with E-state index >= 15 is 0 Å². The highest BCUT2D eigenvalue weighted by Crippen LogP contribution is 2.42. The van der Waals surface area contributed by atoms with Gasteiger partial charge in [0.2, 0.25) is 5.91 Å². The average Bonchev–Trinajstić information content (AvgIpc) is 3.91. The van der Waals surface area contributed by atoms with Crippen LogP contribution in [0.3, 0.4) is 0 Å². The third-order valence-electron chi connectivity index (χ3n) is 11.9. The van der Waals surface area contributed by atoms with Gasteiger partial charge in [-0.1, -0.05) is 33.8 Å². The molecule has 2 fully saturated rings. The Morgan fingerprint density at radius 1 is 1.18 bits per heavy atom. The van der Waals surface area contributed by atoms with Gasteiger partial charge in [0.25, 0.3) is 5.91 Å². The molecule has 0 aliphatic carbocycles. The minimum atomic E-state index is -0.862. The number of nitrogens with one attached hydrogen (secondary N) is 2. The van der Waals surface area contributed by atoms with Gasteiger partial charge in [-0.05, 0) is 81.8 Å². The van der Waals surface area contributed by atoms with Crippen LogP contribution in [0.1, 0.15) is 76.8 Å². The van der Waals surface area contributed by atoms with E-state index in [4.69, 9.17) is 19.4 Å². The summed E-state index contributed by atoms with van der Waals surface area (Å²) in [4.78, 5) is 54.2.